The van der Waals surface area contributed by atoms with Gasteiger partial charge in [0.25, 0.3) is 0 Å². The number of rotatable bonds is 7. The van der Waals surface area contributed by atoms with Gasteiger partial charge in [-0.1, -0.05) is 0 Å². The summed E-state index contributed by atoms with van der Waals surface area (Å²) in [6, 6.07) is 4.22. The Morgan fingerprint density at radius 2 is 2.24 bits per heavy atom. The van der Waals surface area contributed by atoms with Gasteiger partial charge in [0.05, 0.1) is 19.2 Å². The molecule has 1 atom stereocenters. The van der Waals surface area contributed by atoms with Crippen LogP contribution in [0.4, 0.5) is 0 Å². The normalized spacial score (nSPS) is 18.4. The summed E-state index contributed by atoms with van der Waals surface area (Å²) in [6.07, 6.45) is 5.70. The van der Waals surface area contributed by atoms with Crippen molar-refractivity contribution in [2.45, 2.75) is 32.4 Å². The molecule has 5 nitrogen and oxygen atoms in total. The van der Waals surface area contributed by atoms with Crippen molar-refractivity contribution in [1.29, 1.82) is 0 Å². The zero-order valence-corrected chi connectivity index (χ0v) is 13.0. The van der Waals surface area contributed by atoms with E-state index in [0.29, 0.717) is 19.8 Å². The Hall–Kier alpha value is -1.46. The summed E-state index contributed by atoms with van der Waals surface area (Å²) in [6.45, 7) is 5.43. The molecular formula is C16H25N3O2. The number of likely N-dealkylation sites (N-methyl/N-ethyl adjacent to an activating group) is 1. The van der Waals surface area contributed by atoms with E-state index in [2.05, 4.69) is 4.98 Å². The zero-order valence-electron chi connectivity index (χ0n) is 13.0. The van der Waals surface area contributed by atoms with Crippen molar-refractivity contribution in [2.24, 2.45) is 0 Å². The van der Waals surface area contributed by atoms with Gasteiger partial charge in [0.15, 0.2) is 0 Å². The summed E-state index contributed by atoms with van der Waals surface area (Å²) >= 11 is 0. The minimum atomic E-state index is 0.203. The Bertz CT molecular complexity index is 438. The lowest BCUT2D eigenvalue weighted by Crippen LogP contribution is -2.43. The van der Waals surface area contributed by atoms with Gasteiger partial charge < -0.3 is 9.64 Å². The Labute approximate surface area is 126 Å². The number of aromatic nitrogens is 1. The van der Waals surface area contributed by atoms with Crippen LogP contribution >= 0.6 is 0 Å². The van der Waals surface area contributed by atoms with Crippen molar-refractivity contribution in [2.75, 3.05) is 33.4 Å². The average Bonchev–Trinajstić information content (AvgIpc) is 2.94. The Balaban J connectivity index is 1.82. The van der Waals surface area contributed by atoms with Crippen LogP contribution in [0.25, 0.3) is 0 Å². The van der Waals surface area contributed by atoms with E-state index in [0.717, 1.165) is 25.9 Å². The first-order valence-electron chi connectivity index (χ1n) is 7.65. The molecule has 2 heterocycles. The molecule has 1 fully saturated rings. The van der Waals surface area contributed by atoms with Crippen LogP contribution in [0.3, 0.4) is 0 Å². The number of hydrogen-bond donors (Lipinski definition) is 0. The molecule has 2 rings (SSSR count). The number of pyridine rings is 1. The summed E-state index contributed by atoms with van der Waals surface area (Å²) in [5.41, 5.74) is 1.17. The predicted octanol–water partition coefficient (Wildman–Crippen LogP) is 1.54. The van der Waals surface area contributed by atoms with Crippen molar-refractivity contribution in [3.8, 4) is 0 Å². The van der Waals surface area contributed by atoms with E-state index in [9.17, 15) is 4.79 Å². The van der Waals surface area contributed by atoms with E-state index in [1.54, 1.807) is 12.4 Å². The largest absolute Gasteiger partial charge is 0.380 e. The zero-order chi connectivity index (χ0) is 15.1. The van der Waals surface area contributed by atoms with Crippen LogP contribution in [0.15, 0.2) is 24.5 Å². The first-order chi connectivity index (χ1) is 10.2. The van der Waals surface area contributed by atoms with Crippen LogP contribution < -0.4 is 0 Å². The maximum atomic E-state index is 12.4. The van der Waals surface area contributed by atoms with Crippen LogP contribution in [0, 0.1) is 0 Å². The Morgan fingerprint density at radius 3 is 2.95 bits per heavy atom. The fourth-order valence-corrected chi connectivity index (χ4v) is 2.77. The summed E-state index contributed by atoms with van der Waals surface area (Å²) in [5.74, 6) is 0.203. The van der Waals surface area contributed by atoms with E-state index >= 15 is 0 Å². The van der Waals surface area contributed by atoms with Crippen molar-refractivity contribution in [3.05, 3.63) is 30.1 Å². The molecule has 0 bridgehead atoms. The maximum absolute atomic E-state index is 12.4. The highest BCUT2D eigenvalue weighted by Crippen LogP contribution is 2.18. The van der Waals surface area contributed by atoms with Crippen LogP contribution in [-0.2, 0) is 16.1 Å². The minimum absolute atomic E-state index is 0.203. The van der Waals surface area contributed by atoms with Gasteiger partial charge in [0.1, 0.15) is 0 Å². The van der Waals surface area contributed by atoms with Crippen molar-refractivity contribution in [3.63, 3.8) is 0 Å². The highest BCUT2D eigenvalue weighted by Gasteiger charge is 2.28. The van der Waals surface area contributed by atoms with Crippen LogP contribution in [0.2, 0.25) is 0 Å². The molecule has 1 aromatic heterocycles. The van der Waals surface area contributed by atoms with Gasteiger partial charge in [0.2, 0.25) is 5.91 Å². The third-order valence-corrected chi connectivity index (χ3v) is 3.82. The molecule has 0 spiro atoms. The second-order valence-corrected chi connectivity index (χ2v) is 5.57. The van der Waals surface area contributed by atoms with E-state index in [4.69, 9.17) is 4.74 Å². The molecule has 0 radical (unpaired) electrons. The van der Waals surface area contributed by atoms with E-state index < -0.39 is 0 Å². The Kier molecular flexibility index (Phi) is 6.14. The molecule has 1 amide bonds. The molecule has 5 heteroatoms. The predicted molar refractivity (Wildman–Crippen MR) is 81.8 cm³/mol. The lowest BCUT2D eigenvalue weighted by molar-refractivity contribution is -0.134. The van der Waals surface area contributed by atoms with Gasteiger partial charge >= 0.3 is 0 Å². The van der Waals surface area contributed by atoms with Crippen molar-refractivity contribution < 1.29 is 9.53 Å². The Morgan fingerprint density at radius 1 is 1.48 bits per heavy atom. The number of hydrogen-bond acceptors (Lipinski definition) is 4. The number of carbonyl (C=O) groups is 1. The summed E-state index contributed by atoms with van der Waals surface area (Å²) < 4.78 is 5.48. The average molecular weight is 291 g/mol. The molecule has 116 valence electrons. The molecule has 1 aliphatic heterocycles. The summed E-state index contributed by atoms with van der Waals surface area (Å²) in [7, 11) is 1.98. The standard InChI is InChI=1S/C16H25N3O2/c1-3-21-13-15-5-4-10-19(15)16(20)12-18(2)11-14-6-8-17-9-7-14/h6-9,15H,3-5,10-13H2,1-2H3/t15-/m1/s1. The monoisotopic (exact) mass is 291 g/mol. The first kappa shape index (κ1) is 15.9. The van der Waals surface area contributed by atoms with Crippen LogP contribution in [-0.4, -0.2) is 60.1 Å². The van der Waals surface area contributed by atoms with Crippen LogP contribution in [0.1, 0.15) is 25.3 Å². The highest BCUT2D eigenvalue weighted by molar-refractivity contribution is 5.78. The molecule has 21 heavy (non-hydrogen) atoms. The van der Waals surface area contributed by atoms with Gasteiger partial charge in [-0.15, -0.1) is 0 Å². The molecule has 0 aromatic carbocycles. The molecule has 0 saturated carbocycles. The SMILES string of the molecule is CCOC[C@H]1CCCN1C(=O)CN(C)Cc1ccncc1. The van der Waals surface area contributed by atoms with Gasteiger partial charge in [-0.25, -0.2) is 0 Å². The maximum Gasteiger partial charge on any atom is 0.237 e. The molecule has 0 unspecified atom stereocenters. The summed E-state index contributed by atoms with van der Waals surface area (Å²) in [5, 5.41) is 0. The van der Waals surface area contributed by atoms with Crippen molar-refractivity contribution in [1.82, 2.24) is 14.8 Å². The number of nitrogens with zero attached hydrogens (tertiary/aromatic N) is 3. The molecule has 1 aromatic rings. The van der Waals surface area contributed by atoms with Gasteiger partial charge in [-0.3, -0.25) is 14.7 Å². The van der Waals surface area contributed by atoms with Gasteiger partial charge in [0, 0.05) is 32.1 Å². The number of likely N-dealkylation sites (tertiary alicyclic amines) is 1. The topological polar surface area (TPSA) is 45.7 Å². The third kappa shape index (κ3) is 4.79. The van der Waals surface area contributed by atoms with E-state index in [1.807, 2.05) is 35.9 Å². The lowest BCUT2D eigenvalue weighted by Gasteiger charge is -2.27. The quantitative estimate of drug-likeness (QED) is 0.764. The number of carbonyl (C=O) groups excluding carboxylic acids is 1. The summed E-state index contributed by atoms with van der Waals surface area (Å²) in [4.78, 5) is 20.5. The lowest BCUT2D eigenvalue weighted by atomic mass is 10.2. The first-order valence-corrected chi connectivity index (χ1v) is 7.65. The second kappa shape index (κ2) is 8.10. The fraction of sp³-hybridized carbons (Fsp3) is 0.625. The highest BCUT2D eigenvalue weighted by atomic mass is 16.5. The number of amides is 1. The van der Waals surface area contributed by atoms with Crippen LogP contribution in [0.5, 0.6) is 0 Å². The minimum Gasteiger partial charge on any atom is -0.380 e. The second-order valence-electron chi connectivity index (χ2n) is 5.57. The molecule has 0 aliphatic carbocycles. The fourth-order valence-electron chi connectivity index (χ4n) is 2.77. The molecule has 1 saturated heterocycles. The molecular weight excluding hydrogens is 266 g/mol. The molecule has 0 N–H and O–H groups in total. The number of ether oxygens (including phenoxy) is 1. The smallest absolute Gasteiger partial charge is 0.237 e. The van der Waals surface area contributed by atoms with E-state index in [1.165, 1.54) is 5.56 Å². The molecule has 1 aliphatic rings. The van der Waals surface area contributed by atoms with Crippen molar-refractivity contribution >= 4 is 5.91 Å². The third-order valence-electron chi connectivity index (χ3n) is 3.82. The van der Waals surface area contributed by atoms with Gasteiger partial charge in [-0.2, -0.15) is 0 Å². The van der Waals surface area contributed by atoms with Gasteiger partial charge in [-0.05, 0) is 44.5 Å². The van der Waals surface area contributed by atoms with E-state index in [-0.39, 0.29) is 11.9 Å².